The minimum absolute atomic E-state index is 0.455. The summed E-state index contributed by atoms with van der Waals surface area (Å²) in [5.41, 5.74) is 8.54. The zero-order valence-corrected chi connectivity index (χ0v) is 14.2. The number of anilines is 3. The third-order valence-electron chi connectivity index (χ3n) is 4.47. The molecule has 1 aliphatic heterocycles. The van der Waals surface area contributed by atoms with Gasteiger partial charge in [-0.05, 0) is 38.0 Å². The van der Waals surface area contributed by atoms with E-state index in [1.165, 1.54) is 24.7 Å². The van der Waals surface area contributed by atoms with E-state index in [0.29, 0.717) is 18.0 Å². The van der Waals surface area contributed by atoms with Crippen LogP contribution in [-0.4, -0.2) is 33.0 Å². The van der Waals surface area contributed by atoms with Crippen molar-refractivity contribution < 1.29 is 0 Å². The van der Waals surface area contributed by atoms with Crippen molar-refractivity contribution in [3.63, 3.8) is 0 Å². The fourth-order valence-corrected chi connectivity index (χ4v) is 3.19. The highest BCUT2D eigenvalue weighted by atomic mass is 15.2. The Hall–Kier alpha value is -2.96. The van der Waals surface area contributed by atoms with E-state index in [9.17, 15) is 0 Å². The maximum Gasteiger partial charge on any atom is 0.166 e. The summed E-state index contributed by atoms with van der Waals surface area (Å²) in [5.74, 6) is 2.28. The second kappa shape index (κ2) is 6.51. The number of nitrogen functional groups attached to an aromatic ring is 1. The Balaban J connectivity index is 1.62. The molecular formula is C18H21N7. The number of nitrogens with zero attached hydrogens (tertiary/aromatic N) is 5. The lowest BCUT2D eigenvalue weighted by atomic mass is 10.2. The Morgan fingerprint density at radius 1 is 1.08 bits per heavy atom. The molecule has 1 aliphatic rings. The van der Waals surface area contributed by atoms with Gasteiger partial charge in [0, 0.05) is 30.9 Å². The second-order valence-corrected chi connectivity index (χ2v) is 6.31. The number of rotatable bonds is 4. The summed E-state index contributed by atoms with van der Waals surface area (Å²) in [6, 6.07) is 7.86. The van der Waals surface area contributed by atoms with Crippen LogP contribution >= 0.6 is 0 Å². The summed E-state index contributed by atoms with van der Waals surface area (Å²) in [5, 5.41) is 4.27. The van der Waals surface area contributed by atoms with Crippen LogP contribution in [0.15, 0.2) is 30.6 Å². The summed E-state index contributed by atoms with van der Waals surface area (Å²) in [6.07, 6.45) is 3.96. The van der Waals surface area contributed by atoms with Crippen LogP contribution in [0.3, 0.4) is 0 Å². The van der Waals surface area contributed by atoms with E-state index < -0.39 is 0 Å². The molecule has 4 heterocycles. The van der Waals surface area contributed by atoms with Crippen molar-refractivity contribution in [3.05, 3.63) is 41.9 Å². The first-order valence-corrected chi connectivity index (χ1v) is 8.53. The van der Waals surface area contributed by atoms with Gasteiger partial charge < -0.3 is 16.0 Å². The molecule has 0 aliphatic carbocycles. The van der Waals surface area contributed by atoms with Crippen molar-refractivity contribution in [2.24, 2.45) is 0 Å². The SMILES string of the molecule is Cc1ccc(CNc2ncnc3nc(N)ccc23)c(N2CCCC2)n1. The summed E-state index contributed by atoms with van der Waals surface area (Å²) in [6.45, 7) is 4.83. The van der Waals surface area contributed by atoms with Crippen LogP contribution in [0.25, 0.3) is 11.0 Å². The number of pyridine rings is 2. The summed E-state index contributed by atoms with van der Waals surface area (Å²) < 4.78 is 0. The number of nitrogens with two attached hydrogens (primary N) is 1. The van der Waals surface area contributed by atoms with Crippen LogP contribution in [0.1, 0.15) is 24.1 Å². The van der Waals surface area contributed by atoms with Crippen molar-refractivity contribution in [1.29, 1.82) is 0 Å². The predicted octanol–water partition coefficient (Wildman–Crippen LogP) is 2.52. The number of hydrogen-bond acceptors (Lipinski definition) is 7. The number of fused-ring (bicyclic) bond motifs is 1. The fraction of sp³-hybridized carbons (Fsp3) is 0.333. The van der Waals surface area contributed by atoms with Gasteiger partial charge in [0.15, 0.2) is 5.65 Å². The van der Waals surface area contributed by atoms with Crippen LogP contribution in [0, 0.1) is 6.92 Å². The van der Waals surface area contributed by atoms with Crippen molar-refractivity contribution >= 4 is 28.5 Å². The number of aryl methyl sites for hydroxylation is 1. The molecular weight excluding hydrogens is 314 g/mol. The molecule has 1 fully saturated rings. The molecule has 0 unspecified atom stereocenters. The molecule has 4 rings (SSSR count). The highest BCUT2D eigenvalue weighted by Crippen LogP contribution is 2.25. The Labute approximate surface area is 146 Å². The normalized spacial score (nSPS) is 14.2. The predicted molar refractivity (Wildman–Crippen MR) is 99.5 cm³/mol. The van der Waals surface area contributed by atoms with E-state index in [-0.39, 0.29) is 0 Å². The fourth-order valence-electron chi connectivity index (χ4n) is 3.19. The summed E-state index contributed by atoms with van der Waals surface area (Å²) in [7, 11) is 0. The van der Waals surface area contributed by atoms with Crippen LogP contribution in [-0.2, 0) is 6.54 Å². The molecule has 0 aromatic carbocycles. The van der Waals surface area contributed by atoms with Gasteiger partial charge in [-0.2, -0.15) is 0 Å². The maximum atomic E-state index is 5.74. The molecule has 0 spiro atoms. The van der Waals surface area contributed by atoms with E-state index in [1.54, 1.807) is 6.07 Å². The third kappa shape index (κ3) is 3.17. The van der Waals surface area contributed by atoms with Crippen LogP contribution in [0.4, 0.5) is 17.5 Å². The highest BCUT2D eigenvalue weighted by molar-refractivity contribution is 5.87. The van der Waals surface area contributed by atoms with E-state index in [0.717, 1.165) is 35.8 Å². The molecule has 128 valence electrons. The first-order chi connectivity index (χ1) is 12.2. The van der Waals surface area contributed by atoms with Crippen LogP contribution in [0.2, 0.25) is 0 Å². The van der Waals surface area contributed by atoms with Crippen molar-refractivity contribution in [2.75, 3.05) is 29.0 Å². The largest absolute Gasteiger partial charge is 0.384 e. The van der Waals surface area contributed by atoms with Gasteiger partial charge in [0.05, 0.1) is 5.39 Å². The lowest BCUT2D eigenvalue weighted by Gasteiger charge is -2.21. The molecule has 0 radical (unpaired) electrons. The molecule has 0 amide bonds. The standard InChI is InChI=1S/C18H21N7/c1-12-4-5-13(18(23-12)25-8-2-3-9-25)10-20-16-14-6-7-15(19)24-17(14)22-11-21-16/h4-7,11H,2-3,8-10H2,1H3,(H3,19,20,21,22,24). The van der Waals surface area contributed by atoms with Crippen molar-refractivity contribution in [2.45, 2.75) is 26.3 Å². The minimum atomic E-state index is 0.455. The van der Waals surface area contributed by atoms with Gasteiger partial charge in [0.1, 0.15) is 23.8 Å². The van der Waals surface area contributed by atoms with Gasteiger partial charge in [-0.1, -0.05) is 6.07 Å². The molecule has 3 aromatic heterocycles. The van der Waals surface area contributed by atoms with E-state index >= 15 is 0 Å². The second-order valence-electron chi connectivity index (χ2n) is 6.31. The molecule has 0 saturated carbocycles. The van der Waals surface area contributed by atoms with Crippen molar-refractivity contribution in [1.82, 2.24) is 19.9 Å². The Morgan fingerprint density at radius 3 is 2.76 bits per heavy atom. The van der Waals surface area contributed by atoms with Crippen molar-refractivity contribution in [3.8, 4) is 0 Å². The number of hydrogen-bond donors (Lipinski definition) is 2. The topological polar surface area (TPSA) is 92.8 Å². The lowest BCUT2D eigenvalue weighted by Crippen LogP contribution is -2.22. The molecule has 3 N–H and O–H groups in total. The smallest absolute Gasteiger partial charge is 0.166 e. The van der Waals surface area contributed by atoms with Gasteiger partial charge in [0.25, 0.3) is 0 Å². The molecule has 7 heteroatoms. The molecule has 3 aromatic rings. The summed E-state index contributed by atoms with van der Waals surface area (Å²) >= 11 is 0. The highest BCUT2D eigenvalue weighted by Gasteiger charge is 2.17. The molecule has 0 bridgehead atoms. The first kappa shape index (κ1) is 15.6. The maximum absolute atomic E-state index is 5.74. The summed E-state index contributed by atoms with van der Waals surface area (Å²) in [4.78, 5) is 19.9. The molecule has 0 atom stereocenters. The van der Waals surface area contributed by atoms with E-state index in [2.05, 4.69) is 37.3 Å². The molecule has 25 heavy (non-hydrogen) atoms. The van der Waals surface area contributed by atoms with E-state index in [4.69, 9.17) is 10.7 Å². The average molecular weight is 335 g/mol. The van der Waals surface area contributed by atoms with Crippen LogP contribution < -0.4 is 16.0 Å². The van der Waals surface area contributed by atoms with Gasteiger partial charge in [-0.3, -0.25) is 0 Å². The monoisotopic (exact) mass is 335 g/mol. The Morgan fingerprint density at radius 2 is 1.92 bits per heavy atom. The molecule has 7 nitrogen and oxygen atoms in total. The first-order valence-electron chi connectivity index (χ1n) is 8.53. The third-order valence-corrected chi connectivity index (χ3v) is 4.47. The zero-order valence-electron chi connectivity index (χ0n) is 14.2. The van der Waals surface area contributed by atoms with Gasteiger partial charge in [-0.15, -0.1) is 0 Å². The Bertz CT molecular complexity index is 903. The van der Waals surface area contributed by atoms with Gasteiger partial charge in [-0.25, -0.2) is 19.9 Å². The molecule has 1 saturated heterocycles. The Kier molecular flexibility index (Phi) is 4.05. The number of aromatic nitrogens is 4. The van der Waals surface area contributed by atoms with Gasteiger partial charge in [0.2, 0.25) is 0 Å². The lowest BCUT2D eigenvalue weighted by molar-refractivity contribution is 0.906. The van der Waals surface area contributed by atoms with E-state index in [1.807, 2.05) is 13.0 Å². The zero-order chi connectivity index (χ0) is 17.2. The number of nitrogens with one attached hydrogen (secondary N) is 1. The quantitative estimate of drug-likeness (QED) is 0.756. The van der Waals surface area contributed by atoms with Gasteiger partial charge >= 0.3 is 0 Å². The average Bonchev–Trinajstić information content (AvgIpc) is 3.14. The van der Waals surface area contributed by atoms with Crippen LogP contribution in [0.5, 0.6) is 0 Å². The minimum Gasteiger partial charge on any atom is -0.384 e.